The number of nitrogens with zero attached hydrogens (tertiary/aromatic N) is 1. The van der Waals surface area contributed by atoms with Crippen molar-refractivity contribution in [3.05, 3.63) is 65.5 Å². The van der Waals surface area contributed by atoms with Gasteiger partial charge in [0.1, 0.15) is 6.26 Å². The van der Waals surface area contributed by atoms with E-state index in [9.17, 15) is 4.79 Å². The number of oxazole rings is 1. The number of amides is 1. The molecule has 0 radical (unpaired) electrons. The molecule has 1 unspecified atom stereocenters. The highest BCUT2D eigenvalue weighted by Gasteiger charge is 2.18. The Labute approximate surface area is 164 Å². The SMILES string of the molecule is NC(Cc1c[nH]c2ccccc12)c1nc(C(=O)NCCC2=CCCCC2)co1. The molecule has 6 nitrogen and oxygen atoms in total. The van der Waals surface area contributed by atoms with Crippen LogP contribution in [-0.2, 0) is 6.42 Å². The summed E-state index contributed by atoms with van der Waals surface area (Å²) in [6.45, 7) is 0.619. The molecule has 3 aromatic rings. The van der Waals surface area contributed by atoms with Crippen LogP contribution in [0.2, 0.25) is 0 Å². The number of rotatable bonds is 7. The summed E-state index contributed by atoms with van der Waals surface area (Å²) in [6, 6.07) is 7.67. The number of H-pyrrole nitrogens is 1. The zero-order chi connectivity index (χ0) is 19.3. The van der Waals surface area contributed by atoms with Crippen molar-refractivity contribution in [2.75, 3.05) is 6.54 Å². The summed E-state index contributed by atoms with van der Waals surface area (Å²) in [7, 11) is 0. The van der Waals surface area contributed by atoms with Crippen LogP contribution in [0.15, 0.2) is 52.8 Å². The molecule has 1 aliphatic rings. The van der Waals surface area contributed by atoms with Gasteiger partial charge in [-0.2, -0.15) is 0 Å². The van der Waals surface area contributed by atoms with Gasteiger partial charge < -0.3 is 20.5 Å². The third kappa shape index (κ3) is 4.17. The van der Waals surface area contributed by atoms with E-state index in [0.717, 1.165) is 35.7 Å². The van der Waals surface area contributed by atoms with Crippen molar-refractivity contribution in [3.63, 3.8) is 0 Å². The maximum absolute atomic E-state index is 12.3. The van der Waals surface area contributed by atoms with Gasteiger partial charge in [0.25, 0.3) is 5.91 Å². The predicted octanol–water partition coefficient (Wildman–Crippen LogP) is 4.02. The van der Waals surface area contributed by atoms with Gasteiger partial charge in [-0.25, -0.2) is 4.98 Å². The summed E-state index contributed by atoms with van der Waals surface area (Å²) in [5.41, 5.74) is 10.2. The van der Waals surface area contributed by atoms with Crippen LogP contribution in [0.5, 0.6) is 0 Å². The van der Waals surface area contributed by atoms with Crippen LogP contribution in [0.25, 0.3) is 10.9 Å². The molecule has 0 saturated carbocycles. The van der Waals surface area contributed by atoms with Crippen LogP contribution in [0.1, 0.15) is 60.1 Å². The molecule has 28 heavy (non-hydrogen) atoms. The van der Waals surface area contributed by atoms with Crippen molar-refractivity contribution in [1.82, 2.24) is 15.3 Å². The lowest BCUT2D eigenvalue weighted by Crippen LogP contribution is -2.25. The fourth-order valence-corrected chi connectivity index (χ4v) is 3.75. The average Bonchev–Trinajstić information content (AvgIpc) is 3.37. The van der Waals surface area contributed by atoms with E-state index in [0.29, 0.717) is 18.9 Å². The molecular weight excluding hydrogens is 352 g/mol. The van der Waals surface area contributed by atoms with Crippen LogP contribution >= 0.6 is 0 Å². The zero-order valence-corrected chi connectivity index (χ0v) is 15.9. The molecule has 1 atom stereocenters. The highest BCUT2D eigenvalue weighted by atomic mass is 16.3. The number of aromatic nitrogens is 2. The Morgan fingerprint density at radius 2 is 2.21 bits per heavy atom. The minimum absolute atomic E-state index is 0.217. The lowest BCUT2D eigenvalue weighted by atomic mass is 9.97. The van der Waals surface area contributed by atoms with Crippen LogP contribution in [0, 0.1) is 0 Å². The number of nitrogens with one attached hydrogen (secondary N) is 2. The van der Waals surface area contributed by atoms with Crippen molar-refractivity contribution < 1.29 is 9.21 Å². The summed E-state index contributed by atoms with van der Waals surface area (Å²) in [6.07, 6.45) is 12.0. The second-order valence-corrected chi connectivity index (χ2v) is 7.36. The summed E-state index contributed by atoms with van der Waals surface area (Å²) < 4.78 is 5.49. The smallest absolute Gasteiger partial charge is 0.273 e. The van der Waals surface area contributed by atoms with Crippen LogP contribution < -0.4 is 11.1 Å². The van der Waals surface area contributed by atoms with E-state index in [1.807, 2.05) is 24.4 Å². The summed E-state index contributed by atoms with van der Waals surface area (Å²) >= 11 is 0. The molecule has 2 heterocycles. The largest absolute Gasteiger partial charge is 0.446 e. The zero-order valence-electron chi connectivity index (χ0n) is 15.9. The van der Waals surface area contributed by atoms with Gasteiger partial charge in [0.05, 0.1) is 6.04 Å². The van der Waals surface area contributed by atoms with Gasteiger partial charge in [-0.3, -0.25) is 4.79 Å². The van der Waals surface area contributed by atoms with Crippen molar-refractivity contribution in [2.45, 2.75) is 44.6 Å². The number of carbonyl (C=O) groups excluding carboxylic acids is 1. The number of hydrogen-bond donors (Lipinski definition) is 3. The molecule has 0 aliphatic heterocycles. The number of allylic oxidation sites excluding steroid dienone is 1. The highest BCUT2D eigenvalue weighted by molar-refractivity contribution is 5.91. The van der Waals surface area contributed by atoms with Crippen molar-refractivity contribution >= 4 is 16.8 Å². The number of carbonyl (C=O) groups is 1. The Morgan fingerprint density at radius 1 is 1.32 bits per heavy atom. The molecule has 2 aromatic heterocycles. The summed E-state index contributed by atoms with van der Waals surface area (Å²) in [5, 5.41) is 4.06. The maximum atomic E-state index is 12.3. The first-order chi connectivity index (χ1) is 13.7. The minimum Gasteiger partial charge on any atom is -0.446 e. The number of para-hydroxylation sites is 1. The Kier molecular flexibility index (Phi) is 5.58. The van der Waals surface area contributed by atoms with Crippen molar-refractivity contribution in [1.29, 1.82) is 0 Å². The minimum atomic E-state index is -0.409. The topological polar surface area (TPSA) is 96.9 Å². The molecule has 0 spiro atoms. The van der Waals surface area contributed by atoms with Gasteiger partial charge in [0, 0.05) is 23.6 Å². The first-order valence-corrected chi connectivity index (χ1v) is 9.93. The fourth-order valence-electron chi connectivity index (χ4n) is 3.75. The van der Waals surface area contributed by atoms with E-state index in [1.165, 1.54) is 24.7 Å². The molecule has 146 valence electrons. The molecule has 1 amide bonds. The highest BCUT2D eigenvalue weighted by Crippen LogP contribution is 2.23. The lowest BCUT2D eigenvalue weighted by molar-refractivity contribution is 0.0949. The number of nitrogens with two attached hydrogens (primary N) is 1. The van der Waals surface area contributed by atoms with Crippen LogP contribution in [0.3, 0.4) is 0 Å². The van der Waals surface area contributed by atoms with E-state index in [4.69, 9.17) is 10.2 Å². The molecule has 6 heteroatoms. The third-order valence-electron chi connectivity index (χ3n) is 5.30. The van der Waals surface area contributed by atoms with E-state index < -0.39 is 6.04 Å². The van der Waals surface area contributed by atoms with Crippen molar-refractivity contribution in [2.24, 2.45) is 5.73 Å². The number of aromatic amines is 1. The van der Waals surface area contributed by atoms with E-state index in [2.05, 4.69) is 27.4 Å². The number of benzene rings is 1. The quantitative estimate of drug-likeness (QED) is 0.541. The summed E-state index contributed by atoms with van der Waals surface area (Å²) in [4.78, 5) is 19.9. The average molecular weight is 378 g/mol. The second kappa shape index (κ2) is 8.44. The Morgan fingerprint density at radius 3 is 3.07 bits per heavy atom. The monoisotopic (exact) mass is 378 g/mol. The van der Waals surface area contributed by atoms with Crippen molar-refractivity contribution in [3.8, 4) is 0 Å². The van der Waals surface area contributed by atoms with Gasteiger partial charge >= 0.3 is 0 Å². The van der Waals surface area contributed by atoms with Crippen LogP contribution in [0.4, 0.5) is 0 Å². The van der Waals surface area contributed by atoms with Gasteiger partial charge in [0.2, 0.25) is 5.89 Å². The normalized spacial score (nSPS) is 15.4. The summed E-state index contributed by atoms with van der Waals surface area (Å²) in [5.74, 6) is 0.163. The Bertz CT molecular complexity index is 985. The van der Waals surface area contributed by atoms with Crippen LogP contribution in [-0.4, -0.2) is 22.4 Å². The van der Waals surface area contributed by atoms with Gasteiger partial charge in [-0.05, 0) is 50.2 Å². The third-order valence-corrected chi connectivity index (χ3v) is 5.30. The molecule has 0 saturated heterocycles. The fraction of sp³-hybridized carbons (Fsp3) is 0.364. The van der Waals surface area contributed by atoms with Gasteiger partial charge in [-0.15, -0.1) is 0 Å². The number of fused-ring (bicyclic) bond motifs is 1. The maximum Gasteiger partial charge on any atom is 0.273 e. The Hall–Kier alpha value is -2.86. The molecule has 1 aliphatic carbocycles. The van der Waals surface area contributed by atoms with Gasteiger partial charge in [0.15, 0.2) is 5.69 Å². The first-order valence-electron chi connectivity index (χ1n) is 9.93. The molecule has 4 rings (SSSR count). The number of hydrogen-bond acceptors (Lipinski definition) is 4. The molecule has 0 fully saturated rings. The van der Waals surface area contributed by atoms with E-state index in [-0.39, 0.29) is 11.6 Å². The second-order valence-electron chi connectivity index (χ2n) is 7.36. The van der Waals surface area contributed by atoms with E-state index >= 15 is 0 Å². The molecule has 0 bridgehead atoms. The van der Waals surface area contributed by atoms with Gasteiger partial charge in [-0.1, -0.05) is 29.8 Å². The van der Waals surface area contributed by atoms with E-state index in [1.54, 1.807) is 0 Å². The first kappa shape index (κ1) is 18.5. The molecule has 4 N–H and O–H groups in total. The Balaban J connectivity index is 1.34. The molecule has 1 aromatic carbocycles. The molecular formula is C22H26N4O2. The standard InChI is InChI=1S/C22H26N4O2/c23-18(12-16-13-25-19-9-5-4-8-17(16)19)22-26-20(14-28-22)21(27)24-11-10-15-6-2-1-3-7-15/h4-6,8-9,13-14,18,25H,1-3,7,10-12,23H2,(H,24,27). The lowest BCUT2D eigenvalue weighted by Gasteiger charge is -2.12. The predicted molar refractivity (Wildman–Crippen MR) is 109 cm³/mol.